The Hall–Kier alpha value is -4.57. The number of fused-ring (bicyclic) bond motifs is 4. The predicted molar refractivity (Wildman–Crippen MR) is 165 cm³/mol. The molecule has 6 heteroatoms. The van der Waals surface area contributed by atoms with E-state index in [2.05, 4.69) is 85.8 Å². The average molecular weight is 723 g/mol. The Morgan fingerprint density at radius 3 is 2.15 bits per heavy atom. The Balaban J connectivity index is 0.000000196. The zero-order valence-electron chi connectivity index (χ0n) is 21.7. The molecule has 1 aliphatic heterocycles. The van der Waals surface area contributed by atoms with Crippen molar-refractivity contribution >= 4 is 60.4 Å². The summed E-state index contributed by atoms with van der Waals surface area (Å²) in [4.78, 5) is 9.81. The number of rotatable bonds is 3. The third-order valence-electron chi connectivity index (χ3n) is 6.64. The maximum Gasteiger partial charge on any atom is 0.501 e. The van der Waals surface area contributed by atoms with Crippen LogP contribution in [0.2, 0.25) is 0 Å². The van der Waals surface area contributed by atoms with Gasteiger partial charge in [0.1, 0.15) is 10.5 Å². The molecule has 0 N–H and O–H groups in total. The van der Waals surface area contributed by atoms with Crippen molar-refractivity contribution in [3.05, 3.63) is 146 Å². The molecule has 0 bridgehead atoms. The van der Waals surface area contributed by atoms with E-state index in [0.717, 1.165) is 38.8 Å². The molecule has 0 aliphatic carbocycles. The molecule has 1 radical (unpaired) electrons. The fraction of sp³-hybridized carbons (Fsp3) is 0. The molecule has 1 aliphatic rings. The smallest absolute Gasteiger partial charge is 0.305 e. The zero-order chi connectivity index (χ0) is 26.7. The van der Waals surface area contributed by atoms with Gasteiger partial charge in [0.15, 0.2) is 0 Å². The van der Waals surface area contributed by atoms with Gasteiger partial charge in [-0.1, -0.05) is 53.1 Å². The van der Waals surface area contributed by atoms with Gasteiger partial charge in [-0.05, 0) is 32.5 Å². The van der Waals surface area contributed by atoms with Gasteiger partial charge in [0.25, 0.3) is 11.4 Å². The Kier molecular flexibility index (Phi) is 7.73. The minimum atomic E-state index is 0. The number of hydrogen-bond acceptors (Lipinski definition) is 3. The van der Waals surface area contributed by atoms with Crippen LogP contribution in [-0.2, 0) is 20.1 Å². The number of benzene rings is 4. The van der Waals surface area contributed by atoms with Gasteiger partial charge in [-0.2, -0.15) is 23.5 Å². The van der Waals surface area contributed by atoms with E-state index in [1.807, 2.05) is 79.0 Å². The number of hydrogen-bond donors (Lipinski definition) is 0. The second-order valence-corrected chi connectivity index (χ2v) is 10.1. The van der Waals surface area contributed by atoms with Crippen molar-refractivity contribution in [3.63, 3.8) is 0 Å². The minimum absolute atomic E-state index is 0. The quantitative estimate of drug-likeness (QED) is 0.135. The van der Waals surface area contributed by atoms with Crippen LogP contribution >= 0.6 is 11.3 Å². The molecule has 4 heterocycles. The number of thiophene rings is 1. The molecule has 41 heavy (non-hydrogen) atoms. The summed E-state index contributed by atoms with van der Waals surface area (Å²) in [5, 5.41) is 2.39. The first-order valence-corrected chi connectivity index (χ1v) is 13.8. The summed E-state index contributed by atoms with van der Waals surface area (Å²) in [6.07, 6.45) is 3.64. The predicted octanol–water partition coefficient (Wildman–Crippen LogP) is 8.65. The van der Waals surface area contributed by atoms with Crippen molar-refractivity contribution in [1.82, 2.24) is 19.1 Å². The molecular formula is C35H22IrN4S. The van der Waals surface area contributed by atoms with E-state index in [9.17, 15) is 0 Å². The second-order valence-electron chi connectivity index (χ2n) is 9.11. The van der Waals surface area contributed by atoms with E-state index in [4.69, 9.17) is 0 Å². The molecule has 0 saturated carbocycles. The second kappa shape index (κ2) is 11.9. The van der Waals surface area contributed by atoms with Gasteiger partial charge in [-0.15, -0.1) is 47.3 Å². The van der Waals surface area contributed by atoms with Crippen LogP contribution in [0.4, 0.5) is 22.7 Å². The molecule has 7 aromatic rings. The van der Waals surface area contributed by atoms with Crippen LogP contribution < -0.4 is 9.15 Å². The largest absolute Gasteiger partial charge is 0.501 e. The molecule has 3 aromatic heterocycles. The summed E-state index contributed by atoms with van der Waals surface area (Å²) in [5.41, 5.74) is 6.31. The van der Waals surface area contributed by atoms with Gasteiger partial charge in [0, 0.05) is 56.8 Å². The van der Waals surface area contributed by atoms with Crippen molar-refractivity contribution in [2.45, 2.75) is 0 Å². The van der Waals surface area contributed by atoms with Crippen molar-refractivity contribution < 1.29 is 20.1 Å². The SMILES string of the molecule is C1=[N+](c2ccccc2)c2ccccc2[N+]=1c1[c-]ccc2c1sc1ncccc12.[Ir].[c-]1ccccc1-c1ccccn1. The zero-order valence-corrected chi connectivity index (χ0v) is 24.9. The fourth-order valence-corrected chi connectivity index (χ4v) is 5.93. The maximum absolute atomic E-state index is 4.55. The number of pyridine rings is 2. The fourth-order valence-electron chi connectivity index (χ4n) is 4.80. The number of para-hydroxylation sites is 3. The van der Waals surface area contributed by atoms with Gasteiger partial charge in [-0.3, -0.25) is 0 Å². The third-order valence-corrected chi connectivity index (χ3v) is 7.78. The maximum atomic E-state index is 4.55. The van der Waals surface area contributed by atoms with Gasteiger partial charge in [-0.25, -0.2) is 4.98 Å². The molecule has 8 rings (SSSR count). The Morgan fingerprint density at radius 1 is 0.610 bits per heavy atom. The summed E-state index contributed by atoms with van der Waals surface area (Å²) in [5.74, 6) is 0. The van der Waals surface area contributed by atoms with E-state index in [-0.39, 0.29) is 20.1 Å². The first kappa shape index (κ1) is 26.6. The third kappa shape index (κ3) is 5.18. The number of aromatic nitrogens is 2. The normalized spacial score (nSPS) is 11.6. The summed E-state index contributed by atoms with van der Waals surface area (Å²) in [6, 6.07) is 50.8. The van der Waals surface area contributed by atoms with Gasteiger partial charge < -0.3 is 4.98 Å². The van der Waals surface area contributed by atoms with Crippen LogP contribution in [-0.4, -0.2) is 16.0 Å². The molecule has 0 unspecified atom stereocenters. The van der Waals surface area contributed by atoms with Crippen LogP contribution in [0, 0.1) is 12.1 Å². The minimum Gasteiger partial charge on any atom is -0.305 e. The number of nitrogens with zero attached hydrogens (tertiary/aromatic N) is 4. The monoisotopic (exact) mass is 723 g/mol. The molecular weight excluding hydrogens is 701 g/mol. The van der Waals surface area contributed by atoms with Gasteiger partial charge in [0.2, 0.25) is 5.69 Å². The molecule has 4 aromatic carbocycles. The Morgan fingerprint density at radius 2 is 1.37 bits per heavy atom. The molecule has 4 nitrogen and oxygen atoms in total. The van der Waals surface area contributed by atoms with Crippen molar-refractivity contribution in [2.75, 3.05) is 0 Å². The Labute approximate surface area is 255 Å². The molecule has 0 saturated heterocycles. The molecule has 0 fully saturated rings. The van der Waals surface area contributed by atoms with E-state index >= 15 is 0 Å². The van der Waals surface area contributed by atoms with Crippen molar-refractivity contribution in [1.29, 1.82) is 0 Å². The standard InChI is InChI=1S/C24H14N3S.C11H8N.Ir/c1-2-8-17(9-3-1)26-16-27(21-13-5-4-12-20(21)26)22-14-6-10-18-19-11-7-15-25-24(19)28-23(18)22;1-2-6-10(7-3-1)11-8-4-5-9-12-11;/h1-13,15H;1-6,8-9H;/q+1;-1;. The molecule has 197 valence electrons. The first-order chi connectivity index (χ1) is 19.9. The summed E-state index contributed by atoms with van der Waals surface area (Å²) >= 11 is 1.70. The van der Waals surface area contributed by atoms with Crippen LogP contribution in [0.3, 0.4) is 0 Å². The first-order valence-electron chi connectivity index (χ1n) is 12.9. The van der Waals surface area contributed by atoms with E-state index in [0.29, 0.717) is 0 Å². The van der Waals surface area contributed by atoms with Crippen LogP contribution in [0.5, 0.6) is 0 Å². The summed E-state index contributed by atoms with van der Waals surface area (Å²) in [6.45, 7) is 0. The van der Waals surface area contributed by atoms with Crippen LogP contribution in [0.25, 0.3) is 31.6 Å². The van der Waals surface area contributed by atoms with Crippen LogP contribution in [0.1, 0.15) is 0 Å². The van der Waals surface area contributed by atoms with Gasteiger partial charge >= 0.3 is 6.01 Å². The van der Waals surface area contributed by atoms with Crippen molar-refractivity contribution in [3.8, 4) is 11.3 Å². The Bertz CT molecular complexity index is 1990. The summed E-state index contributed by atoms with van der Waals surface area (Å²) in [7, 11) is 0. The van der Waals surface area contributed by atoms with Gasteiger partial charge in [0.05, 0.1) is 0 Å². The molecule has 0 amide bonds. The van der Waals surface area contributed by atoms with Crippen LogP contribution in [0.15, 0.2) is 134 Å². The topological polar surface area (TPSA) is 31.8 Å². The molecule has 0 atom stereocenters. The average Bonchev–Trinajstić information content (AvgIpc) is 3.62. The van der Waals surface area contributed by atoms with E-state index < -0.39 is 0 Å². The van der Waals surface area contributed by atoms with E-state index in [1.54, 1.807) is 17.5 Å². The van der Waals surface area contributed by atoms with E-state index in [1.165, 1.54) is 15.5 Å². The molecule has 0 spiro atoms. The summed E-state index contributed by atoms with van der Waals surface area (Å²) < 4.78 is 5.39. The van der Waals surface area contributed by atoms with Crippen molar-refractivity contribution in [2.24, 2.45) is 0 Å².